The number of anilines is 2. The van der Waals surface area contributed by atoms with Crippen molar-refractivity contribution in [1.29, 1.82) is 0 Å². The third kappa shape index (κ3) is 4.03. The van der Waals surface area contributed by atoms with Gasteiger partial charge >= 0.3 is 0 Å². The number of aryl methyl sites for hydroxylation is 1. The molecular weight excluding hydrogens is 259 g/mol. The number of thiocarbonyl (C=S) groups is 1. The Balaban J connectivity index is 1.99. The van der Waals surface area contributed by atoms with Gasteiger partial charge in [0.15, 0.2) is 5.11 Å². The van der Waals surface area contributed by atoms with Crippen LogP contribution >= 0.6 is 12.2 Å². The Labute approximate surface area is 117 Å². The summed E-state index contributed by atoms with van der Waals surface area (Å²) in [5, 5.41) is 6.60. The second kappa shape index (κ2) is 6.29. The van der Waals surface area contributed by atoms with Gasteiger partial charge in [-0.15, -0.1) is 0 Å². The minimum absolute atomic E-state index is 0.264. The van der Waals surface area contributed by atoms with Crippen LogP contribution < -0.4 is 10.6 Å². The van der Waals surface area contributed by atoms with Gasteiger partial charge in [-0.1, -0.05) is 19.1 Å². The van der Waals surface area contributed by atoms with E-state index in [1.165, 1.54) is 17.7 Å². The smallest absolute Gasteiger partial charge is 0.175 e. The number of hydrogen-bond donors (Lipinski definition) is 2. The first-order valence-electron chi connectivity index (χ1n) is 6.10. The van der Waals surface area contributed by atoms with Crippen molar-refractivity contribution in [3.63, 3.8) is 0 Å². The molecule has 0 radical (unpaired) electrons. The normalized spacial score (nSPS) is 10.0. The Hall–Kier alpha value is -1.94. The van der Waals surface area contributed by atoms with Crippen LogP contribution in [0.15, 0.2) is 48.5 Å². The van der Waals surface area contributed by atoms with Gasteiger partial charge in [0, 0.05) is 11.4 Å². The maximum Gasteiger partial charge on any atom is 0.175 e. The van der Waals surface area contributed by atoms with E-state index in [0.717, 1.165) is 17.8 Å². The Morgan fingerprint density at radius 3 is 2.42 bits per heavy atom. The summed E-state index contributed by atoms with van der Waals surface area (Å²) in [7, 11) is 0. The van der Waals surface area contributed by atoms with Gasteiger partial charge in [0.25, 0.3) is 0 Å². The molecule has 19 heavy (non-hydrogen) atoms. The number of hydrogen-bond acceptors (Lipinski definition) is 1. The lowest BCUT2D eigenvalue weighted by Gasteiger charge is -2.11. The Morgan fingerprint density at radius 1 is 1.05 bits per heavy atom. The largest absolute Gasteiger partial charge is 0.332 e. The molecule has 0 aliphatic rings. The third-order valence-electron chi connectivity index (χ3n) is 2.70. The first-order valence-corrected chi connectivity index (χ1v) is 6.50. The summed E-state index contributed by atoms with van der Waals surface area (Å²) in [4.78, 5) is 0. The molecular formula is C15H15FN2S. The number of benzene rings is 2. The summed E-state index contributed by atoms with van der Waals surface area (Å²) in [6, 6.07) is 14.1. The average molecular weight is 274 g/mol. The molecule has 0 amide bonds. The molecule has 2 aromatic rings. The lowest BCUT2D eigenvalue weighted by atomic mass is 10.1. The quantitative estimate of drug-likeness (QED) is 0.820. The van der Waals surface area contributed by atoms with E-state index in [1.54, 1.807) is 12.1 Å². The minimum Gasteiger partial charge on any atom is -0.332 e. The topological polar surface area (TPSA) is 24.1 Å². The standard InChI is InChI=1S/C15H15FN2S/c1-2-11-4-3-5-14(10-11)18-15(19)17-13-8-6-12(16)7-9-13/h3-10H,2H2,1H3,(H2,17,18,19). The molecule has 4 heteroatoms. The molecule has 98 valence electrons. The van der Waals surface area contributed by atoms with Gasteiger partial charge in [-0.25, -0.2) is 4.39 Å². The van der Waals surface area contributed by atoms with Gasteiger partial charge in [-0.05, 0) is 60.6 Å². The second-order valence-electron chi connectivity index (χ2n) is 4.14. The second-order valence-corrected chi connectivity index (χ2v) is 4.55. The first kappa shape index (κ1) is 13.5. The molecule has 2 rings (SSSR count). The van der Waals surface area contributed by atoms with Crippen LogP contribution in [0.2, 0.25) is 0 Å². The molecule has 0 spiro atoms. The van der Waals surface area contributed by atoms with Gasteiger partial charge in [0.2, 0.25) is 0 Å². The van der Waals surface area contributed by atoms with E-state index in [1.807, 2.05) is 12.1 Å². The fourth-order valence-electron chi connectivity index (χ4n) is 1.70. The lowest BCUT2D eigenvalue weighted by molar-refractivity contribution is 0.628. The van der Waals surface area contributed by atoms with Crippen LogP contribution in [0.3, 0.4) is 0 Å². The van der Waals surface area contributed by atoms with Crippen molar-refractivity contribution >= 4 is 28.7 Å². The molecule has 0 aromatic heterocycles. The highest BCUT2D eigenvalue weighted by molar-refractivity contribution is 7.80. The van der Waals surface area contributed by atoms with Crippen molar-refractivity contribution in [1.82, 2.24) is 0 Å². The highest BCUT2D eigenvalue weighted by Gasteiger charge is 2.00. The van der Waals surface area contributed by atoms with Crippen molar-refractivity contribution in [2.24, 2.45) is 0 Å². The van der Waals surface area contributed by atoms with E-state index >= 15 is 0 Å². The van der Waals surface area contributed by atoms with Gasteiger partial charge in [-0.3, -0.25) is 0 Å². The predicted molar refractivity (Wildman–Crippen MR) is 82.1 cm³/mol. The molecule has 2 nitrogen and oxygen atoms in total. The molecule has 0 bridgehead atoms. The molecule has 0 aliphatic carbocycles. The fourth-order valence-corrected chi connectivity index (χ4v) is 1.93. The molecule has 0 saturated carbocycles. The average Bonchev–Trinajstić information content (AvgIpc) is 2.41. The SMILES string of the molecule is CCc1cccc(NC(=S)Nc2ccc(F)cc2)c1. The highest BCUT2D eigenvalue weighted by atomic mass is 32.1. The molecule has 0 fully saturated rings. The van der Waals surface area contributed by atoms with Crippen LogP contribution in [0.5, 0.6) is 0 Å². The molecule has 2 N–H and O–H groups in total. The Kier molecular flexibility index (Phi) is 4.47. The molecule has 0 atom stereocenters. The fraction of sp³-hybridized carbons (Fsp3) is 0.133. The van der Waals surface area contributed by atoms with Crippen LogP contribution in [0.4, 0.5) is 15.8 Å². The predicted octanol–water partition coefficient (Wildman–Crippen LogP) is 4.20. The van der Waals surface area contributed by atoms with Crippen molar-refractivity contribution in [3.8, 4) is 0 Å². The zero-order valence-corrected chi connectivity index (χ0v) is 11.4. The van der Waals surface area contributed by atoms with Gasteiger partial charge in [0.05, 0.1) is 0 Å². The van der Waals surface area contributed by atoms with Crippen LogP contribution in [-0.4, -0.2) is 5.11 Å². The maximum absolute atomic E-state index is 12.8. The summed E-state index contributed by atoms with van der Waals surface area (Å²) in [5.41, 5.74) is 2.94. The molecule has 0 aliphatic heterocycles. The lowest BCUT2D eigenvalue weighted by Crippen LogP contribution is -2.19. The van der Waals surface area contributed by atoms with E-state index in [4.69, 9.17) is 12.2 Å². The van der Waals surface area contributed by atoms with Gasteiger partial charge in [-0.2, -0.15) is 0 Å². The van der Waals surface area contributed by atoms with Crippen LogP contribution in [0, 0.1) is 5.82 Å². The van der Waals surface area contributed by atoms with Crippen LogP contribution in [-0.2, 0) is 6.42 Å². The Bertz CT molecular complexity index is 567. The summed E-state index contributed by atoms with van der Waals surface area (Å²) in [5.74, 6) is -0.264. The third-order valence-corrected chi connectivity index (χ3v) is 2.90. The maximum atomic E-state index is 12.8. The highest BCUT2D eigenvalue weighted by Crippen LogP contribution is 2.13. The minimum atomic E-state index is -0.264. The molecule has 2 aromatic carbocycles. The zero-order chi connectivity index (χ0) is 13.7. The zero-order valence-electron chi connectivity index (χ0n) is 10.6. The van der Waals surface area contributed by atoms with Crippen LogP contribution in [0.25, 0.3) is 0 Å². The van der Waals surface area contributed by atoms with Gasteiger partial charge < -0.3 is 10.6 Å². The van der Waals surface area contributed by atoms with E-state index in [0.29, 0.717) is 5.11 Å². The van der Waals surface area contributed by atoms with Crippen molar-refractivity contribution < 1.29 is 4.39 Å². The van der Waals surface area contributed by atoms with E-state index in [-0.39, 0.29) is 5.82 Å². The molecule has 0 saturated heterocycles. The number of halogens is 1. The summed E-state index contributed by atoms with van der Waals surface area (Å²) in [6.45, 7) is 2.11. The molecule has 0 heterocycles. The van der Waals surface area contributed by atoms with E-state index < -0.39 is 0 Å². The Morgan fingerprint density at radius 2 is 1.74 bits per heavy atom. The van der Waals surface area contributed by atoms with E-state index in [9.17, 15) is 4.39 Å². The van der Waals surface area contributed by atoms with E-state index in [2.05, 4.69) is 29.7 Å². The van der Waals surface area contributed by atoms with Crippen molar-refractivity contribution in [2.45, 2.75) is 13.3 Å². The monoisotopic (exact) mass is 274 g/mol. The molecule has 0 unspecified atom stereocenters. The number of rotatable bonds is 3. The first-order chi connectivity index (χ1) is 9.17. The summed E-state index contributed by atoms with van der Waals surface area (Å²) < 4.78 is 12.8. The number of nitrogens with one attached hydrogen (secondary N) is 2. The van der Waals surface area contributed by atoms with Gasteiger partial charge in [0.1, 0.15) is 5.82 Å². The summed E-state index contributed by atoms with van der Waals surface area (Å²) >= 11 is 5.21. The van der Waals surface area contributed by atoms with Crippen LogP contribution in [0.1, 0.15) is 12.5 Å². The van der Waals surface area contributed by atoms with Crippen molar-refractivity contribution in [2.75, 3.05) is 10.6 Å². The summed E-state index contributed by atoms with van der Waals surface area (Å²) in [6.07, 6.45) is 0.980. The van der Waals surface area contributed by atoms with Crippen molar-refractivity contribution in [3.05, 3.63) is 59.9 Å².